The van der Waals surface area contributed by atoms with Crippen LogP contribution in [0.1, 0.15) is 17.6 Å². The molecule has 0 fully saturated rings. The molecule has 122 valence electrons. The van der Waals surface area contributed by atoms with Crippen molar-refractivity contribution in [2.24, 2.45) is 0 Å². The van der Waals surface area contributed by atoms with Crippen molar-refractivity contribution in [2.75, 3.05) is 0 Å². The van der Waals surface area contributed by atoms with Gasteiger partial charge < -0.3 is 0 Å². The Morgan fingerprint density at radius 3 is 1.65 bits per heavy atom. The van der Waals surface area contributed by atoms with Gasteiger partial charge in [-0.3, -0.25) is 6.08 Å². The van der Waals surface area contributed by atoms with Crippen LogP contribution in [0.3, 0.4) is 0 Å². The van der Waals surface area contributed by atoms with Crippen molar-refractivity contribution in [1.29, 1.82) is 0 Å². The second-order valence-corrected chi connectivity index (χ2v) is 8.42. The molecule has 0 aromatic heterocycles. The van der Waals surface area contributed by atoms with Crippen LogP contribution in [0.4, 0.5) is 0 Å². The van der Waals surface area contributed by atoms with Gasteiger partial charge in [0, 0.05) is 5.66 Å². The topological polar surface area (TPSA) is 0 Å². The fourth-order valence-corrected chi connectivity index (χ4v) is 6.21. The van der Waals surface area contributed by atoms with E-state index < -0.39 is 7.92 Å². The summed E-state index contributed by atoms with van der Waals surface area (Å²) < 4.78 is 0. The maximum Gasteiger partial charge on any atom is 1.00 e. The molecular formula is C24H20LiP. The average molecular weight is 346 g/mol. The summed E-state index contributed by atoms with van der Waals surface area (Å²) in [6.45, 7) is 0. The van der Waals surface area contributed by atoms with Gasteiger partial charge in [0.15, 0.2) is 0 Å². The molecule has 26 heavy (non-hydrogen) atoms. The van der Waals surface area contributed by atoms with Crippen molar-refractivity contribution in [3.05, 3.63) is 120 Å². The summed E-state index contributed by atoms with van der Waals surface area (Å²) in [5, 5.41) is 2.83. The molecule has 1 aliphatic carbocycles. The molecule has 0 radical (unpaired) electrons. The van der Waals surface area contributed by atoms with E-state index >= 15 is 0 Å². The third kappa shape index (κ3) is 4.11. The zero-order valence-electron chi connectivity index (χ0n) is 15.0. The molecule has 3 aromatic carbocycles. The Bertz CT molecular complexity index is 830. The van der Waals surface area contributed by atoms with Crippen LogP contribution in [-0.4, -0.2) is 0 Å². The minimum atomic E-state index is -0.541. The first-order chi connectivity index (χ1) is 12.4. The van der Waals surface area contributed by atoms with Gasteiger partial charge in [-0.25, -0.2) is 12.2 Å². The van der Waals surface area contributed by atoms with E-state index in [0.29, 0.717) is 5.66 Å². The Balaban J connectivity index is 0.00000196. The van der Waals surface area contributed by atoms with Crippen LogP contribution < -0.4 is 29.5 Å². The smallest absolute Gasteiger partial charge is 0.252 e. The standard InChI is InChI=1S/C24H20P.Li/c1-4-12-20(13-5-1)24(21-14-10-11-15-21)25(22-16-6-2-7-17-22)23-18-8-3-9-19-23;/h1-13,16-19,24H,14H2;/q-1;+1. The largest absolute Gasteiger partial charge is 1.00 e. The summed E-state index contributed by atoms with van der Waals surface area (Å²) >= 11 is 0. The van der Waals surface area contributed by atoms with Gasteiger partial charge >= 0.3 is 18.9 Å². The van der Waals surface area contributed by atoms with E-state index in [-0.39, 0.29) is 18.9 Å². The van der Waals surface area contributed by atoms with Gasteiger partial charge in [-0.2, -0.15) is 5.57 Å². The molecule has 1 unspecified atom stereocenters. The SMILES string of the molecule is [C-]1=C(C(c2ccccc2)P(c2ccccc2)c2ccccc2)CC=C1.[Li+]. The quantitative estimate of drug-likeness (QED) is 0.378. The van der Waals surface area contributed by atoms with Crippen LogP contribution in [0.5, 0.6) is 0 Å². The van der Waals surface area contributed by atoms with Crippen molar-refractivity contribution >= 4 is 18.5 Å². The van der Waals surface area contributed by atoms with Crippen LogP contribution in [0.2, 0.25) is 0 Å². The molecule has 3 aromatic rings. The third-order valence-corrected chi connectivity index (χ3v) is 7.33. The molecule has 1 aliphatic rings. The fraction of sp³-hybridized carbons (Fsp3) is 0.0833. The van der Waals surface area contributed by atoms with Crippen molar-refractivity contribution in [3.63, 3.8) is 0 Å². The van der Waals surface area contributed by atoms with Gasteiger partial charge in [0.05, 0.1) is 0 Å². The number of benzene rings is 3. The Morgan fingerprint density at radius 1 is 0.692 bits per heavy atom. The minimum Gasteiger partial charge on any atom is -0.252 e. The maximum atomic E-state index is 3.53. The molecule has 0 nitrogen and oxygen atoms in total. The van der Waals surface area contributed by atoms with Gasteiger partial charge in [0.2, 0.25) is 0 Å². The van der Waals surface area contributed by atoms with Crippen molar-refractivity contribution < 1.29 is 18.9 Å². The van der Waals surface area contributed by atoms with E-state index in [1.807, 2.05) is 0 Å². The molecule has 0 aliphatic heterocycles. The number of allylic oxidation sites excluding steroid dienone is 4. The van der Waals surface area contributed by atoms with Crippen LogP contribution in [0.25, 0.3) is 0 Å². The number of rotatable bonds is 5. The average Bonchev–Trinajstić information content (AvgIpc) is 3.22. The summed E-state index contributed by atoms with van der Waals surface area (Å²) in [5.74, 6) is 0. The van der Waals surface area contributed by atoms with Crippen LogP contribution >= 0.6 is 7.92 Å². The fourth-order valence-electron chi connectivity index (χ4n) is 3.37. The minimum absolute atomic E-state index is 0. The molecule has 0 saturated carbocycles. The first-order valence-corrected chi connectivity index (χ1v) is 10.1. The Morgan fingerprint density at radius 2 is 1.19 bits per heavy atom. The second-order valence-electron chi connectivity index (χ2n) is 6.13. The Hall–Kier alpha value is -1.83. The summed E-state index contributed by atoms with van der Waals surface area (Å²) in [6.07, 6.45) is 8.82. The summed E-state index contributed by atoms with van der Waals surface area (Å²) in [5.41, 5.74) is 3.13. The van der Waals surface area contributed by atoms with Crippen molar-refractivity contribution in [3.8, 4) is 0 Å². The van der Waals surface area contributed by atoms with E-state index in [0.717, 1.165) is 6.42 Å². The number of hydrogen-bond donors (Lipinski definition) is 0. The Labute approximate surface area is 169 Å². The van der Waals surface area contributed by atoms with Crippen LogP contribution in [-0.2, 0) is 0 Å². The predicted octanol–water partition coefficient (Wildman–Crippen LogP) is 2.55. The van der Waals surface area contributed by atoms with Crippen molar-refractivity contribution in [1.82, 2.24) is 0 Å². The van der Waals surface area contributed by atoms with Gasteiger partial charge in [-0.1, -0.05) is 97.4 Å². The zero-order chi connectivity index (χ0) is 16.9. The van der Waals surface area contributed by atoms with Gasteiger partial charge in [-0.15, -0.1) is 0 Å². The first kappa shape index (κ1) is 18.9. The molecule has 2 heteroatoms. The normalized spacial score (nSPS) is 14.0. The van der Waals surface area contributed by atoms with Crippen LogP contribution in [0.15, 0.2) is 109 Å². The molecule has 0 heterocycles. The molecule has 4 rings (SSSR count). The predicted molar refractivity (Wildman–Crippen MR) is 109 cm³/mol. The number of hydrogen-bond acceptors (Lipinski definition) is 0. The molecule has 0 N–H and O–H groups in total. The van der Waals surface area contributed by atoms with Gasteiger partial charge in [0.1, 0.15) is 0 Å². The maximum absolute atomic E-state index is 3.53. The Kier molecular flexibility index (Phi) is 6.71. The van der Waals surface area contributed by atoms with E-state index in [1.54, 1.807) is 0 Å². The van der Waals surface area contributed by atoms with E-state index in [1.165, 1.54) is 21.7 Å². The second kappa shape index (κ2) is 9.21. The van der Waals surface area contributed by atoms with Crippen molar-refractivity contribution in [2.45, 2.75) is 12.1 Å². The first-order valence-electron chi connectivity index (χ1n) is 8.65. The molecular weight excluding hydrogens is 326 g/mol. The van der Waals surface area contributed by atoms with Crippen LogP contribution in [0, 0.1) is 6.08 Å². The summed E-state index contributed by atoms with van der Waals surface area (Å²) in [6, 6.07) is 32.8. The molecule has 0 saturated heterocycles. The molecule has 1 atom stereocenters. The van der Waals surface area contributed by atoms with E-state index in [9.17, 15) is 0 Å². The summed E-state index contributed by atoms with van der Waals surface area (Å²) in [7, 11) is -0.541. The monoisotopic (exact) mass is 346 g/mol. The van der Waals surface area contributed by atoms with Gasteiger partial charge in [0.25, 0.3) is 0 Å². The molecule has 0 bridgehead atoms. The summed E-state index contributed by atoms with van der Waals surface area (Å²) in [4.78, 5) is 0. The van der Waals surface area contributed by atoms with E-state index in [4.69, 9.17) is 0 Å². The molecule has 0 spiro atoms. The molecule has 0 amide bonds. The zero-order valence-corrected chi connectivity index (χ0v) is 15.9. The third-order valence-electron chi connectivity index (χ3n) is 4.50. The van der Waals surface area contributed by atoms with E-state index in [2.05, 4.69) is 109 Å². The van der Waals surface area contributed by atoms with Gasteiger partial charge in [-0.05, 0) is 24.1 Å².